The lowest BCUT2D eigenvalue weighted by Gasteiger charge is -2.29. The number of rotatable bonds is 3. The Bertz CT molecular complexity index is 453. The van der Waals surface area contributed by atoms with E-state index in [1.807, 2.05) is 0 Å². The molecule has 0 spiro atoms. The normalized spacial score (nSPS) is 18.9. The van der Waals surface area contributed by atoms with E-state index < -0.39 is 11.7 Å². The van der Waals surface area contributed by atoms with Crippen LogP contribution in [0.15, 0.2) is 18.2 Å². The molecule has 1 N–H and O–H groups in total. The van der Waals surface area contributed by atoms with Gasteiger partial charge in [0.1, 0.15) is 0 Å². The molecule has 1 aromatic carbocycles. The third-order valence-corrected chi connectivity index (χ3v) is 4.35. The topological polar surface area (TPSA) is 12.0 Å². The Hall–Kier alpha value is -0.900. The molecule has 1 nitrogen and oxygen atoms in total. The van der Waals surface area contributed by atoms with Crippen LogP contribution in [0.2, 0.25) is 5.02 Å². The Labute approximate surface area is 122 Å². The van der Waals surface area contributed by atoms with Crippen molar-refractivity contribution in [3.8, 4) is 0 Å². The molecule has 1 unspecified atom stereocenters. The first-order valence-corrected chi connectivity index (χ1v) is 7.39. The van der Waals surface area contributed by atoms with Gasteiger partial charge in [-0.3, -0.25) is 0 Å². The van der Waals surface area contributed by atoms with Crippen LogP contribution in [0.25, 0.3) is 0 Å². The molecule has 1 aromatic rings. The standard InChI is InChI=1S/C15H19ClF3N/c1-10(11-5-3-2-4-6-11)20-14-8-7-12(9-13(14)16)15(17,18)19/h7-11,20H,2-6H2,1H3. The molecule has 0 saturated heterocycles. The van der Waals surface area contributed by atoms with E-state index in [2.05, 4.69) is 12.2 Å². The molecule has 1 saturated carbocycles. The van der Waals surface area contributed by atoms with Crippen LogP contribution in [0.4, 0.5) is 18.9 Å². The van der Waals surface area contributed by atoms with Gasteiger partial charge in [0.2, 0.25) is 0 Å². The number of halogens is 4. The number of alkyl halides is 3. The van der Waals surface area contributed by atoms with E-state index in [9.17, 15) is 13.2 Å². The summed E-state index contributed by atoms with van der Waals surface area (Å²) in [6.07, 6.45) is 1.75. The van der Waals surface area contributed by atoms with Gasteiger partial charge in [0.05, 0.1) is 16.3 Å². The summed E-state index contributed by atoms with van der Waals surface area (Å²) in [5.74, 6) is 0.571. The molecule has 1 atom stereocenters. The van der Waals surface area contributed by atoms with Gasteiger partial charge in [-0.25, -0.2) is 0 Å². The third-order valence-electron chi connectivity index (χ3n) is 4.04. The van der Waals surface area contributed by atoms with Crippen LogP contribution in [-0.4, -0.2) is 6.04 Å². The maximum Gasteiger partial charge on any atom is 0.416 e. The van der Waals surface area contributed by atoms with Crippen LogP contribution in [0.5, 0.6) is 0 Å². The summed E-state index contributed by atoms with van der Waals surface area (Å²) in [6, 6.07) is 3.70. The second-order valence-corrected chi connectivity index (χ2v) is 5.93. The minimum absolute atomic E-state index is 0.127. The average molecular weight is 306 g/mol. The van der Waals surface area contributed by atoms with Gasteiger partial charge in [-0.2, -0.15) is 13.2 Å². The molecule has 5 heteroatoms. The van der Waals surface area contributed by atoms with Crippen molar-refractivity contribution in [1.82, 2.24) is 0 Å². The van der Waals surface area contributed by atoms with Crippen molar-refractivity contribution in [2.45, 2.75) is 51.2 Å². The molecule has 0 heterocycles. The van der Waals surface area contributed by atoms with Gasteiger partial charge in [0, 0.05) is 6.04 Å². The molecule has 1 aliphatic rings. The zero-order chi connectivity index (χ0) is 14.8. The molecular weight excluding hydrogens is 287 g/mol. The second-order valence-electron chi connectivity index (χ2n) is 5.52. The Morgan fingerprint density at radius 1 is 1.20 bits per heavy atom. The van der Waals surface area contributed by atoms with Gasteiger partial charge < -0.3 is 5.32 Å². The van der Waals surface area contributed by atoms with Gasteiger partial charge >= 0.3 is 6.18 Å². The SMILES string of the molecule is CC(Nc1ccc(C(F)(F)F)cc1Cl)C1CCCCC1. The summed E-state index contributed by atoms with van der Waals surface area (Å²) >= 11 is 5.96. The van der Waals surface area contributed by atoms with Crippen molar-refractivity contribution >= 4 is 17.3 Å². The van der Waals surface area contributed by atoms with Gasteiger partial charge in [-0.15, -0.1) is 0 Å². The summed E-state index contributed by atoms with van der Waals surface area (Å²) in [6.45, 7) is 2.07. The van der Waals surface area contributed by atoms with E-state index in [1.54, 1.807) is 0 Å². The lowest BCUT2D eigenvalue weighted by atomic mass is 9.84. The zero-order valence-electron chi connectivity index (χ0n) is 11.4. The summed E-state index contributed by atoms with van der Waals surface area (Å²) in [5.41, 5.74) is -0.129. The molecular formula is C15H19ClF3N. The van der Waals surface area contributed by atoms with Gasteiger partial charge in [-0.05, 0) is 43.9 Å². The molecule has 20 heavy (non-hydrogen) atoms. The lowest BCUT2D eigenvalue weighted by molar-refractivity contribution is -0.137. The molecule has 0 aromatic heterocycles. The van der Waals surface area contributed by atoms with E-state index >= 15 is 0 Å². The fourth-order valence-corrected chi connectivity index (χ4v) is 3.04. The van der Waals surface area contributed by atoms with E-state index in [0.717, 1.165) is 12.1 Å². The number of hydrogen-bond acceptors (Lipinski definition) is 1. The van der Waals surface area contributed by atoms with Crippen LogP contribution in [0.1, 0.15) is 44.6 Å². The second kappa shape index (κ2) is 6.25. The first-order chi connectivity index (χ1) is 9.38. The lowest BCUT2D eigenvalue weighted by Crippen LogP contribution is -2.27. The van der Waals surface area contributed by atoms with Gasteiger partial charge in [-0.1, -0.05) is 30.9 Å². The fraction of sp³-hybridized carbons (Fsp3) is 0.600. The Morgan fingerprint density at radius 2 is 1.85 bits per heavy atom. The number of anilines is 1. The highest BCUT2D eigenvalue weighted by atomic mass is 35.5. The summed E-state index contributed by atoms with van der Waals surface area (Å²) in [7, 11) is 0. The molecule has 0 amide bonds. The third kappa shape index (κ3) is 3.81. The zero-order valence-corrected chi connectivity index (χ0v) is 12.2. The Morgan fingerprint density at radius 3 is 2.40 bits per heavy atom. The number of benzene rings is 1. The number of nitrogens with one attached hydrogen (secondary N) is 1. The summed E-state index contributed by atoms with van der Waals surface area (Å²) in [4.78, 5) is 0. The van der Waals surface area contributed by atoms with Crippen molar-refractivity contribution in [3.63, 3.8) is 0 Å². The van der Waals surface area contributed by atoms with Crippen molar-refractivity contribution in [1.29, 1.82) is 0 Å². The Balaban J connectivity index is 2.05. The van der Waals surface area contributed by atoms with Crippen LogP contribution in [-0.2, 0) is 6.18 Å². The fourth-order valence-electron chi connectivity index (χ4n) is 2.81. The Kier molecular flexibility index (Phi) is 4.84. The van der Waals surface area contributed by atoms with Crippen LogP contribution >= 0.6 is 11.6 Å². The van der Waals surface area contributed by atoms with Crippen molar-refractivity contribution in [3.05, 3.63) is 28.8 Å². The maximum absolute atomic E-state index is 12.6. The maximum atomic E-state index is 12.6. The van der Waals surface area contributed by atoms with Crippen LogP contribution in [0, 0.1) is 5.92 Å². The largest absolute Gasteiger partial charge is 0.416 e. The monoisotopic (exact) mass is 305 g/mol. The molecule has 0 radical (unpaired) electrons. The first-order valence-electron chi connectivity index (χ1n) is 7.01. The van der Waals surface area contributed by atoms with Gasteiger partial charge in [0.25, 0.3) is 0 Å². The van der Waals surface area contributed by atoms with E-state index in [4.69, 9.17) is 11.6 Å². The summed E-state index contributed by atoms with van der Waals surface area (Å²) in [5, 5.41) is 3.39. The van der Waals surface area contributed by atoms with Crippen molar-refractivity contribution in [2.24, 2.45) is 5.92 Å². The van der Waals surface area contributed by atoms with Crippen LogP contribution < -0.4 is 5.32 Å². The highest BCUT2D eigenvalue weighted by molar-refractivity contribution is 6.33. The van der Waals surface area contributed by atoms with Gasteiger partial charge in [0.15, 0.2) is 0 Å². The molecule has 1 aliphatic carbocycles. The first kappa shape index (κ1) is 15.5. The van der Waals surface area contributed by atoms with E-state index in [1.165, 1.54) is 38.2 Å². The highest BCUT2D eigenvalue weighted by Crippen LogP contribution is 2.35. The smallest absolute Gasteiger partial charge is 0.381 e. The summed E-state index contributed by atoms with van der Waals surface area (Å²) < 4.78 is 37.7. The van der Waals surface area contributed by atoms with E-state index in [0.29, 0.717) is 11.6 Å². The predicted octanol–water partition coefficient (Wildman–Crippen LogP) is 5.74. The number of hydrogen-bond donors (Lipinski definition) is 1. The average Bonchev–Trinajstić information content (AvgIpc) is 2.41. The van der Waals surface area contributed by atoms with E-state index in [-0.39, 0.29) is 11.1 Å². The molecule has 112 valence electrons. The van der Waals surface area contributed by atoms with Crippen molar-refractivity contribution < 1.29 is 13.2 Å². The minimum Gasteiger partial charge on any atom is -0.381 e. The molecule has 2 rings (SSSR count). The van der Waals surface area contributed by atoms with Crippen LogP contribution in [0.3, 0.4) is 0 Å². The highest BCUT2D eigenvalue weighted by Gasteiger charge is 2.31. The van der Waals surface area contributed by atoms with Crippen molar-refractivity contribution in [2.75, 3.05) is 5.32 Å². The predicted molar refractivity (Wildman–Crippen MR) is 76.1 cm³/mol. The molecule has 1 fully saturated rings. The molecule has 0 bridgehead atoms. The quantitative estimate of drug-likeness (QED) is 0.751. The minimum atomic E-state index is -4.35. The molecule has 0 aliphatic heterocycles.